The average molecular weight is 236 g/mol. The molecule has 0 saturated carbocycles. The minimum absolute atomic E-state index is 0.0742. The molecule has 0 aliphatic carbocycles. The maximum atomic E-state index is 11.8. The van der Waals surface area contributed by atoms with Crippen LogP contribution in [0.3, 0.4) is 0 Å². The summed E-state index contributed by atoms with van der Waals surface area (Å²) in [5.41, 5.74) is 6.62. The number of aliphatic hydroxyl groups excluding tert-OH is 1. The summed E-state index contributed by atoms with van der Waals surface area (Å²) in [5.74, 6) is -0.159. The standard InChI is InChI=1S/C13H20N2O2/c1-9(2)12(14)13(17)15-11(8-16)10-6-4-3-5-7-10/h3-7,9,11-12,16H,8,14H2,1-2H3,(H,15,17). The van der Waals surface area contributed by atoms with Crippen LogP contribution in [0.2, 0.25) is 0 Å². The molecule has 0 heterocycles. The number of aliphatic hydroxyl groups is 1. The van der Waals surface area contributed by atoms with Crippen LogP contribution in [0, 0.1) is 5.92 Å². The predicted molar refractivity (Wildman–Crippen MR) is 67.2 cm³/mol. The maximum absolute atomic E-state index is 11.8. The first-order chi connectivity index (χ1) is 8.06. The largest absolute Gasteiger partial charge is 0.394 e. The molecule has 2 unspecified atom stereocenters. The van der Waals surface area contributed by atoms with Crippen molar-refractivity contribution in [1.29, 1.82) is 0 Å². The SMILES string of the molecule is CC(C)C(N)C(=O)NC(CO)c1ccccc1. The maximum Gasteiger partial charge on any atom is 0.237 e. The Kier molecular flexibility index (Phi) is 5.12. The highest BCUT2D eigenvalue weighted by molar-refractivity contribution is 5.82. The third kappa shape index (κ3) is 3.84. The highest BCUT2D eigenvalue weighted by Gasteiger charge is 2.20. The van der Waals surface area contributed by atoms with Crippen molar-refractivity contribution >= 4 is 5.91 Å². The summed E-state index contributed by atoms with van der Waals surface area (Å²) in [6.45, 7) is 3.64. The lowest BCUT2D eigenvalue weighted by atomic mass is 10.0. The summed E-state index contributed by atoms with van der Waals surface area (Å²) in [6, 6.07) is 8.41. The Morgan fingerprint density at radius 2 is 1.94 bits per heavy atom. The Morgan fingerprint density at radius 1 is 1.35 bits per heavy atom. The molecule has 17 heavy (non-hydrogen) atoms. The molecule has 1 aromatic rings. The zero-order valence-corrected chi connectivity index (χ0v) is 10.3. The van der Waals surface area contributed by atoms with Gasteiger partial charge in [0.25, 0.3) is 0 Å². The Morgan fingerprint density at radius 3 is 2.41 bits per heavy atom. The molecule has 1 aromatic carbocycles. The van der Waals surface area contributed by atoms with Crippen LogP contribution < -0.4 is 11.1 Å². The van der Waals surface area contributed by atoms with E-state index in [0.29, 0.717) is 0 Å². The number of amides is 1. The zero-order chi connectivity index (χ0) is 12.8. The molecular weight excluding hydrogens is 216 g/mol. The van der Waals surface area contributed by atoms with Crippen LogP contribution in [0.4, 0.5) is 0 Å². The molecule has 94 valence electrons. The lowest BCUT2D eigenvalue weighted by Crippen LogP contribution is -2.45. The molecule has 0 aromatic heterocycles. The molecule has 1 rings (SSSR count). The molecule has 1 amide bonds. The van der Waals surface area contributed by atoms with Crippen LogP contribution in [0.5, 0.6) is 0 Å². The van der Waals surface area contributed by atoms with E-state index in [4.69, 9.17) is 5.73 Å². The van der Waals surface area contributed by atoms with Crippen LogP contribution in [-0.4, -0.2) is 23.7 Å². The van der Waals surface area contributed by atoms with E-state index in [0.717, 1.165) is 5.56 Å². The summed E-state index contributed by atoms with van der Waals surface area (Å²) in [7, 11) is 0. The highest BCUT2D eigenvalue weighted by Crippen LogP contribution is 2.12. The van der Waals surface area contributed by atoms with E-state index in [9.17, 15) is 9.90 Å². The molecule has 2 atom stereocenters. The number of carbonyl (C=O) groups excluding carboxylic acids is 1. The molecule has 4 N–H and O–H groups in total. The highest BCUT2D eigenvalue weighted by atomic mass is 16.3. The third-order valence-electron chi connectivity index (χ3n) is 2.72. The fourth-order valence-corrected chi connectivity index (χ4v) is 1.49. The van der Waals surface area contributed by atoms with E-state index in [1.807, 2.05) is 44.2 Å². The lowest BCUT2D eigenvalue weighted by Gasteiger charge is -2.21. The first-order valence-electron chi connectivity index (χ1n) is 5.78. The van der Waals surface area contributed by atoms with E-state index in [1.165, 1.54) is 0 Å². The number of nitrogens with one attached hydrogen (secondary N) is 1. The zero-order valence-electron chi connectivity index (χ0n) is 10.3. The lowest BCUT2D eigenvalue weighted by molar-refractivity contribution is -0.124. The fraction of sp³-hybridized carbons (Fsp3) is 0.462. The second kappa shape index (κ2) is 6.37. The van der Waals surface area contributed by atoms with Gasteiger partial charge in [-0.05, 0) is 11.5 Å². The summed E-state index contributed by atoms with van der Waals surface area (Å²) < 4.78 is 0. The van der Waals surface area contributed by atoms with Crippen molar-refractivity contribution in [1.82, 2.24) is 5.32 Å². The van der Waals surface area contributed by atoms with Gasteiger partial charge in [-0.15, -0.1) is 0 Å². The quantitative estimate of drug-likeness (QED) is 0.708. The third-order valence-corrected chi connectivity index (χ3v) is 2.72. The van der Waals surface area contributed by atoms with Crippen LogP contribution in [0.15, 0.2) is 30.3 Å². The van der Waals surface area contributed by atoms with Gasteiger partial charge in [0.15, 0.2) is 0 Å². The predicted octanol–water partition coefficient (Wildman–Crippen LogP) is 0.819. The molecule has 0 radical (unpaired) electrons. The molecular formula is C13H20N2O2. The van der Waals surface area contributed by atoms with Crippen molar-refractivity contribution in [3.05, 3.63) is 35.9 Å². The van der Waals surface area contributed by atoms with Crippen molar-refractivity contribution in [2.24, 2.45) is 11.7 Å². The van der Waals surface area contributed by atoms with Crippen LogP contribution in [-0.2, 0) is 4.79 Å². The molecule has 4 nitrogen and oxygen atoms in total. The van der Waals surface area contributed by atoms with Gasteiger partial charge >= 0.3 is 0 Å². The van der Waals surface area contributed by atoms with Gasteiger partial charge in [0.05, 0.1) is 18.7 Å². The van der Waals surface area contributed by atoms with Crippen molar-refractivity contribution in [2.45, 2.75) is 25.9 Å². The van der Waals surface area contributed by atoms with Crippen LogP contribution in [0.25, 0.3) is 0 Å². The Bertz CT molecular complexity index is 352. The van der Waals surface area contributed by atoms with Crippen molar-refractivity contribution in [3.8, 4) is 0 Å². The first kappa shape index (κ1) is 13.7. The number of hydrogen-bond donors (Lipinski definition) is 3. The number of hydrogen-bond acceptors (Lipinski definition) is 3. The van der Waals surface area contributed by atoms with Gasteiger partial charge in [-0.3, -0.25) is 4.79 Å². The van der Waals surface area contributed by atoms with E-state index in [1.54, 1.807) is 0 Å². The normalized spacial score (nSPS) is 14.4. The summed E-state index contributed by atoms with van der Waals surface area (Å²) in [5, 5.41) is 12.0. The van der Waals surface area contributed by atoms with Gasteiger partial charge in [0.2, 0.25) is 5.91 Å². The summed E-state index contributed by atoms with van der Waals surface area (Å²) >= 11 is 0. The number of benzene rings is 1. The minimum atomic E-state index is -0.548. The number of rotatable bonds is 5. The van der Waals surface area contributed by atoms with Gasteiger partial charge in [0.1, 0.15) is 0 Å². The topological polar surface area (TPSA) is 75.4 Å². The molecule has 0 saturated heterocycles. The Labute approximate surface area is 102 Å². The van der Waals surface area contributed by atoms with E-state index in [-0.39, 0.29) is 18.4 Å². The Hall–Kier alpha value is -1.39. The van der Waals surface area contributed by atoms with Gasteiger partial charge in [-0.1, -0.05) is 44.2 Å². The average Bonchev–Trinajstić information content (AvgIpc) is 2.35. The van der Waals surface area contributed by atoms with Gasteiger partial charge in [0, 0.05) is 0 Å². The molecule has 0 spiro atoms. The number of carbonyl (C=O) groups is 1. The molecule has 0 aliphatic rings. The summed E-state index contributed by atoms with van der Waals surface area (Å²) in [6.07, 6.45) is 0. The molecule has 0 aliphatic heterocycles. The molecule has 0 bridgehead atoms. The van der Waals surface area contributed by atoms with Crippen LogP contribution in [0.1, 0.15) is 25.5 Å². The number of nitrogens with two attached hydrogens (primary N) is 1. The monoisotopic (exact) mass is 236 g/mol. The van der Waals surface area contributed by atoms with Crippen molar-refractivity contribution in [3.63, 3.8) is 0 Å². The Balaban J connectivity index is 2.68. The van der Waals surface area contributed by atoms with Crippen LogP contribution >= 0.6 is 0 Å². The van der Waals surface area contributed by atoms with E-state index < -0.39 is 12.1 Å². The molecule has 4 heteroatoms. The fourth-order valence-electron chi connectivity index (χ4n) is 1.49. The van der Waals surface area contributed by atoms with Gasteiger partial charge in [-0.25, -0.2) is 0 Å². The van der Waals surface area contributed by atoms with Crippen molar-refractivity contribution in [2.75, 3.05) is 6.61 Å². The van der Waals surface area contributed by atoms with E-state index in [2.05, 4.69) is 5.32 Å². The van der Waals surface area contributed by atoms with E-state index >= 15 is 0 Å². The first-order valence-corrected chi connectivity index (χ1v) is 5.78. The van der Waals surface area contributed by atoms with Gasteiger partial charge < -0.3 is 16.2 Å². The second-order valence-corrected chi connectivity index (χ2v) is 4.42. The van der Waals surface area contributed by atoms with Gasteiger partial charge in [-0.2, -0.15) is 0 Å². The molecule has 0 fully saturated rings. The minimum Gasteiger partial charge on any atom is -0.394 e. The van der Waals surface area contributed by atoms with Crippen molar-refractivity contribution < 1.29 is 9.90 Å². The summed E-state index contributed by atoms with van der Waals surface area (Å²) in [4.78, 5) is 11.8. The smallest absolute Gasteiger partial charge is 0.237 e. The second-order valence-electron chi connectivity index (χ2n) is 4.42.